The van der Waals surface area contributed by atoms with Crippen LogP contribution in [0.15, 0.2) is 6.33 Å². The van der Waals surface area contributed by atoms with Gasteiger partial charge in [0, 0.05) is 13.1 Å². The van der Waals surface area contributed by atoms with E-state index in [0.29, 0.717) is 12.5 Å². The van der Waals surface area contributed by atoms with Crippen LogP contribution < -0.4 is 10.6 Å². The fourth-order valence-corrected chi connectivity index (χ4v) is 3.21. The summed E-state index contributed by atoms with van der Waals surface area (Å²) < 4.78 is 0. The monoisotopic (exact) mass is 306 g/mol. The Morgan fingerprint density at radius 1 is 1.38 bits per heavy atom. The summed E-state index contributed by atoms with van der Waals surface area (Å²) in [5, 5.41) is 7.17. The summed E-state index contributed by atoms with van der Waals surface area (Å²) in [5.41, 5.74) is 0.952. The van der Waals surface area contributed by atoms with Gasteiger partial charge in [-0.05, 0) is 31.7 Å². The first-order valence-electron chi connectivity index (χ1n) is 7.30. The van der Waals surface area contributed by atoms with Gasteiger partial charge in [-0.2, -0.15) is 0 Å². The van der Waals surface area contributed by atoms with E-state index < -0.39 is 0 Å². The number of carbonyl (C=O) groups excluding carboxylic acids is 1. The molecule has 0 atom stereocenters. The summed E-state index contributed by atoms with van der Waals surface area (Å²) in [4.78, 5) is 22.5. The molecule has 0 bridgehead atoms. The van der Waals surface area contributed by atoms with Crippen molar-refractivity contribution in [3.05, 3.63) is 16.8 Å². The fourth-order valence-electron chi connectivity index (χ4n) is 2.14. The average Bonchev–Trinajstić information content (AvgIpc) is 2.77. The quantitative estimate of drug-likeness (QED) is 0.860. The molecule has 0 aliphatic carbocycles. The van der Waals surface area contributed by atoms with Crippen LogP contribution in [0.4, 0.5) is 5.82 Å². The second kappa shape index (κ2) is 6.85. The number of hydrogen-bond acceptors (Lipinski definition) is 5. The van der Waals surface area contributed by atoms with Crippen molar-refractivity contribution in [2.75, 3.05) is 18.4 Å². The summed E-state index contributed by atoms with van der Waals surface area (Å²) in [6.45, 7) is 9.77. The number of aryl methyl sites for hydroxylation is 1. The predicted molar refractivity (Wildman–Crippen MR) is 88.1 cm³/mol. The van der Waals surface area contributed by atoms with Gasteiger partial charge in [0.25, 0.3) is 5.91 Å². The molecular formula is C15H22N4OS. The molecule has 2 heterocycles. The van der Waals surface area contributed by atoms with Gasteiger partial charge < -0.3 is 10.6 Å². The van der Waals surface area contributed by atoms with Crippen LogP contribution in [0, 0.1) is 12.8 Å². The van der Waals surface area contributed by atoms with E-state index in [4.69, 9.17) is 0 Å². The molecule has 6 heteroatoms. The minimum Gasteiger partial charge on any atom is -0.370 e. The molecule has 0 unspecified atom stereocenters. The van der Waals surface area contributed by atoms with Crippen molar-refractivity contribution >= 4 is 33.3 Å². The van der Waals surface area contributed by atoms with Crippen molar-refractivity contribution in [3.63, 3.8) is 0 Å². The number of nitrogens with zero attached hydrogens (tertiary/aromatic N) is 2. The maximum atomic E-state index is 12.3. The third kappa shape index (κ3) is 3.50. The topological polar surface area (TPSA) is 66.9 Å². The molecule has 0 radical (unpaired) electrons. The Balaban J connectivity index is 2.26. The van der Waals surface area contributed by atoms with Crippen LogP contribution in [0.25, 0.3) is 10.2 Å². The summed E-state index contributed by atoms with van der Waals surface area (Å²) in [7, 11) is 0. The van der Waals surface area contributed by atoms with Crippen LogP contribution in [0.5, 0.6) is 0 Å². The molecule has 0 saturated heterocycles. The van der Waals surface area contributed by atoms with E-state index in [1.807, 2.05) is 13.8 Å². The van der Waals surface area contributed by atoms with Crippen molar-refractivity contribution in [1.29, 1.82) is 0 Å². The van der Waals surface area contributed by atoms with Gasteiger partial charge >= 0.3 is 0 Å². The van der Waals surface area contributed by atoms with Gasteiger partial charge in [-0.1, -0.05) is 13.8 Å². The highest BCUT2D eigenvalue weighted by Gasteiger charge is 2.18. The number of carbonyl (C=O) groups is 1. The molecule has 0 spiro atoms. The molecule has 21 heavy (non-hydrogen) atoms. The average molecular weight is 306 g/mol. The lowest BCUT2D eigenvalue weighted by Crippen LogP contribution is -2.25. The van der Waals surface area contributed by atoms with Crippen LogP contribution in [0.3, 0.4) is 0 Å². The van der Waals surface area contributed by atoms with E-state index in [2.05, 4.69) is 34.4 Å². The molecule has 2 aromatic rings. The molecule has 0 aliphatic heterocycles. The van der Waals surface area contributed by atoms with Crippen LogP contribution in [-0.4, -0.2) is 29.0 Å². The van der Waals surface area contributed by atoms with E-state index in [0.717, 1.165) is 39.4 Å². The van der Waals surface area contributed by atoms with Crippen LogP contribution in [-0.2, 0) is 0 Å². The van der Waals surface area contributed by atoms with E-state index in [9.17, 15) is 4.79 Å². The smallest absolute Gasteiger partial charge is 0.261 e. The standard InChI is InChI=1S/C15H22N4OS/c1-5-16-13-11-10(4)12(21-15(11)19-8-18-13)14(20)17-7-6-9(2)3/h8-9H,5-7H2,1-4H3,(H,17,20)(H,16,18,19). The Hall–Kier alpha value is -1.69. The van der Waals surface area contributed by atoms with Gasteiger partial charge in [0.15, 0.2) is 0 Å². The zero-order chi connectivity index (χ0) is 15.4. The Morgan fingerprint density at radius 3 is 2.81 bits per heavy atom. The third-order valence-corrected chi connectivity index (χ3v) is 4.48. The predicted octanol–water partition coefficient (Wildman–Crippen LogP) is 3.21. The minimum atomic E-state index is -0.0152. The van der Waals surface area contributed by atoms with Crippen LogP contribution >= 0.6 is 11.3 Å². The van der Waals surface area contributed by atoms with Crippen LogP contribution in [0.2, 0.25) is 0 Å². The number of fused-ring (bicyclic) bond motifs is 1. The van der Waals surface area contributed by atoms with Gasteiger partial charge in [-0.15, -0.1) is 11.3 Å². The van der Waals surface area contributed by atoms with E-state index >= 15 is 0 Å². The SMILES string of the molecule is CCNc1ncnc2sc(C(=O)NCCC(C)C)c(C)c12. The zero-order valence-corrected chi connectivity index (χ0v) is 13.8. The second-order valence-electron chi connectivity index (χ2n) is 5.43. The molecule has 114 valence electrons. The van der Waals surface area contributed by atoms with Crippen molar-refractivity contribution in [1.82, 2.24) is 15.3 Å². The maximum Gasteiger partial charge on any atom is 0.261 e. The van der Waals surface area contributed by atoms with Gasteiger partial charge in [0.05, 0.1) is 10.3 Å². The number of rotatable bonds is 6. The highest BCUT2D eigenvalue weighted by molar-refractivity contribution is 7.20. The summed E-state index contributed by atoms with van der Waals surface area (Å²) in [5.74, 6) is 1.37. The highest BCUT2D eigenvalue weighted by atomic mass is 32.1. The largest absolute Gasteiger partial charge is 0.370 e. The summed E-state index contributed by atoms with van der Waals surface area (Å²) in [6, 6.07) is 0. The number of aromatic nitrogens is 2. The molecule has 0 aliphatic rings. The van der Waals surface area contributed by atoms with Gasteiger partial charge in [-0.25, -0.2) is 9.97 Å². The Kier molecular flexibility index (Phi) is 5.12. The lowest BCUT2D eigenvalue weighted by atomic mass is 10.1. The number of thiophene rings is 1. The zero-order valence-electron chi connectivity index (χ0n) is 13.0. The second-order valence-corrected chi connectivity index (χ2v) is 6.43. The Bertz CT molecular complexity index is 636. The number of amides is 1. The summed E-state index contributed by atoms with van der Waals surface area (Å²) in [6.07, 6.45) is 2.52. The lowest BCUT2D eigenvalue weighted by molar-refractivity contribution is 0.0955. The first-order chi connectivity index (χ1) is 10.0. The first kappa shape index (κ1) is 15.7. The number of nitrogens with one attached hydrogen (secondary N) is 2. The lowest BCUT2D eigenvalue weighted by Gasteiger charge is -2.07. The van der Waals surface area contributed by atoms with Gasteiger partial charge in [0.2, 0.25) is 0 Å². The van der Waals surface area contributed by atoms with Crippen molar-refractivity contribution in [2.45, 2.75) is 34.1 Å². The Labute approximate surface area is 129 Å². The molecule has 0 saturated carbocycles. The number of anilines is 1. The van der Waals surface area contributed by atoms with Gasteiger partial charge in [-0.3, -0.25) is 4.79 Å². The van der Waals surface area contributed by atoms with E-state index in [-0.39, 0.29) is 5.91 Å². The van der Waals surface area contributed by atoms with Crippen molar-refractivity contribution in [3.8, 4) is 0 Å². The van der Waals surface area contributed by atoms with Gasteiger partial charge in [0.1, 0.15) is 17.0 Å². The minimum absolute atomic E-state index is 0.0152. The van der Waals surface area contributed by atoms with Crippen molar-refractivity contribution < 1.29 is 4.79 Å². The third-order valence-electron chi connectivity index (χ3n) is 3.28. The van der Waals surface area contributed by atoms with E-state index in [1.54, 1.807) is 0 Å². The highest BCUT2D eigenvalue weighted by Crippen LogP contribution is 2.33. The van der Waals surface area contributed by atoms with Crippen molar-refractivity contribution in [2.24, 2.45) is 5.92 Å². The Morgan fingerprint density at radius 2 is 2.14 bits per heavy atom. The first-order valence-corrected chi connectivity index (χ1v) is 8.12. The molecule has 5 nitrogen and oxygen atoms in total. The molecule has 2 rings (SSSR count). The molecule has 0 aromatic carbocycles. The molecular weight excluding hydrogens is 284 g/mol. The van der Waals surface area contributed by atoms with Crippen LogP contribution in [0.1, 0.15) is 42.4 Å². The molecule has 2 N–H and O–H groups in total. The van der Waals surface area contributed by atoms with E-state index in [1.165, 1.54) is 17.7 Å². The normalized spacial score (nSPS) is 11.1. The molecule has 2 aromatic heterocycles. The molecule has 0 fully saturated rings. The maximum absolute atomic E-state index is 12.3. The number of hydrogen-bond donors (Lipinski definition) is 2. The molecule has 1 amide bonds. The fraction of sp³-hybridized carbons (Fsp3) is 0.533. The summed E-state index contributed by atoms with van der Waals surface area (Å²) >= 11 is 1.43.